The highest BCUT2D eigenvalue weighted by Crippen LogP contribution is 2.31. The molecule has 0 fully saturated rings. The van der Waals surface area contributed by atoms with Crippen molar-refractivity contribution in [2.45, 2.75) is 31.3 Å². The SMILES string of the molecule is COc1ccc(Cl)cc1S(=O)(=O)N(Cc1nc(-c2ccc(Cl)cc2)no1)C(C)C. The molecule has 0 bridgehead atoms. The molecule has 0 N–H and O–H groups in total. The topological polar surface area (TPSA) is 85.5 Å². The molecule has 0 aliphatic carbocycles. The average Bonchev–Trinajstić information content (AvgIpc) is 3.15. The van der Waals surface area contributed by atoms with Crippen LogP contribution in [0.3, 0.4) is 0 Å². The zero-order valence-corrected chi connectivity index (χ0v) is 18.3. The number of methoxy groups -OCH3 is 1. The molecule has 0 atom stereocenters. The molecule has 0 spiro atoms. The van der Waals surface area contributed by atoms with Gasteiger partial charge in [0.15, 0.2) is 0 Å². The standard InChI is InChI=1S/C19H19Cl2N3O4S/c1-12(2)24(29(25,26)17-10-15(21)8-9-16(17)27-3)11-18-22-19(23-28-18)13-4-6-14(20)7-5-13/h4-10,12H,11H2,1-3H3. The Balaban J connectivity index is 1.93. The smallest absolute Gasteiger partial charge is 0.247 e. The highest BCUT2D eigenvalue weighted by Gasteiger charge is 2.32. The summed E-state index contributed by atoms with van der Waals surface area (Å²) in [7, 11) is -2.54. The molecule has 10 heteroatoms. The molecule has 1 heterocycles. The fraction of sp³-hybridized carbons (Fsp3) is 0.263. The monoisotopic (exact) mass is 455 g/mol. The van der Waals surface area contributed by atoms with Crippen LogP contribution >= 0.6 is 23.2 Å². The molecule has 2 aromatic carbocycles. The molecular weight excluding hydrogens is 437 g/mol. The number of hydrogen-bond donors (Lipinski definition) is 0. The van der Waals surface area contributed by atoms with Crippen LogP contribution in [-0.2, 0) is 16.6 Å². The van der Waals surface area contributed by atoms with E-state index >= 15 is 0 Å². The normalized spacial score (nSPS) is 12.0. The number of sulfonamides is 1. The molecule has 7 nitrogen and oxygen atoms in total. The van der Waals surface area contributed by atoms with Crippen molar-refractivity contribution in [2.75, 3.05) is 7.11 Å². The van der Waals surface area contributed by atoms with Crippen LogP contribution in [0.15, 0.2) is 51.9 Å². The first kappa shape index (κ1) is 21.6. The molecular formula is C19H19Cl2N3O4S. The summed E-state index contributed by atoms with van der Waals surface area (Å²) in [5.41, 5.74) is 0.708. The van der Waals surface area contributed by atoms with Crippen molar-refractivity contribution in [1.29, 1.82) is 0 Å². The van der Waals surface area contributed by atoms with Gasteiger partial charge in [0.1, 0.15) is 10.6 Å². The van der Waals surface area contributed by atoms with Crippen molar-refractivity contribution in [2.24, 2.45) is 0 Å². The first-order valence-corrected chi connectivity index (χ1v) is 10.9. The Labute approximate surface area is 179 Å². The van der Waals surface area contributed by atoms with Crippen molar-refractivity contribution in [3.8, 4) is 17.1 Å². The van der Waals surface area contributed by atoms with Gasteiger partial charge in [-0.1, -0.05) is 28.4 Å². The largest absolute Gasteiger partial charge is 0.495 e. The Morgan fingerprint density at radius 1 is 1.10 bits per heavy atom. The molecule has 0 radical (unpaired) electrons. The van der Waals surface area contributed by atoms with E-state index in [1.165, 1.54) is 23.5 Å². The summed E-state index contributed by atoms with van der Waals surface area (Å²) in [6.07, 6.45) is 0. The number of nitrogens with zero attached hydrogens (tertiary/aromatic N) is 3. The van der Waals surface area contributed by atoms with Gasteiger partial charge in [0.2, 0.25) is 21.7 Å². The second kappa shape index (κ2) is 8.71. The third-order valence-electron chi connectivity index (χ3n) is 4.15. The summed E-state index contributed by atoms with van der Waals surface area (Å²) in [6, 6.07) is 11.0. The quantitative estimate of drug-likeness (QED) is 0.515. The summed E-state index contributed by atoms with van der Waals surface area (Å²) < 4.78 is 38.4. The van der Waals surface area contributed by atoms with Gasteiger partial charge in [-0.15, -0.1) is 0 Å². The summed E-state index contributed by atoms with van der Waals surface area (Å²) in [4.78, 5) is 4.29. The molecule has 3 rings (SSSR count). The predicted molar refractivity (Wildman–Crippen MR) is 111 cm³/mol. The lowest BCUT2D eigenvalue weighted by Crippen LogP contribution is -2.36. The summed E-state index contributed by atoms with van der Waals surface area (Å²) in [6.45, 7) is 3.41. The molecule has 0 unspecified atom stereocenters. The summed E-state index contributed by atoms with van der Waals surface area (Å²) in [5.74, 6) is 0.707. The lowest BCUT2D eigenvalue weighted by molar-refractivity contribution is 0.285. The maximum Gasteiger partial charge on any atom is 0.247 e. The molecule has 1 aromatic heterocycles. The van der Waals surface area contributed by atoms with Crippen LogP contribution in [-0.4, -0.2) is 36.0 Å². The number of hydrogen-bond acceptors (Lipinski definition) is 6. The third-order valence-corrected chi connectivity index (χ3v) is 6.68. The Kier molecular flexibility index (Phi) is 6.48. The summed E-state index contributed by atoms with van der Waals surface area (Å²) >= 11 is 11.9. The fourth-order valence-corrected chi connectivity index (χ4v) is 4.82. The highest BCUT2D eigenvalue weighted by molar-refractivity contribution is 7.89. The van der Waals surface area contributed by atoms with Crippen LogP contribution in [0.5, 0.6) is 5.75 Å². The zero-order valence-electron chi connectivity index (χ0n) is 16.0. The minimum atomic E-state index is -3.95. The first-order chi connectivity index (χ1) is 13.7. The molecule has 154 valence electrons. The van der Waals surface area contributed by atoms with Crippen molar-refractivity contribution in [3.05, 3.63) is 58.4 Å². The Bertz CT molecular complexity index is 1100. The van der Waals surface area contributed by atoms with Gasteiger partial charge in [-0.25, -0.2) is 8.42 Å². The van der Waals surface area contributed by atoms with Crippen molar-refractivity contribution < 1.29 is 17.7 Å². The second-order valence-electron chi connectivity index (χ2n) is 6.46. The van der Waals surface area contributed by atoms with E-state index in [-0.39, 0.29) is 34.1 Å². The van der Waals surface area contributed by atoms with Crippen molar-refractivity contribution in [1.82, 2.24) is 14.4 Å². The Hall–Kier alpha value is -2.13. The first-order valence-electron chi connectivity index (χ1n) is 8.66. The van der Waals surface area contributed by atoms with E-state index in [1.54, 1.807) is 44.2 Å². The minimum Gasteiger partial charge on any atom is -0.495 e. The highest BCUT2D eigenvalue weighted by atomic mass is 35.5. The van der Waals surface area contributed by atoms with E-state index in [1.807, 2.05) is 0 Å². The Morgan fingerprint density at radius 3 is 2.38 bits per heavy atom. The number of rotatable bonds is 7. The number of aromatic nitrogens is 2. The molecule has 0 amide bonds. The average molecular weight is 456 g/mol. The van der Waals surface area contributed by atoms with E-state index in [0.29, 0.717) is 16.4 Å². The predicted octanol–water partition coefficient (Wildman–Crippen LogP) is 4.65. The van der Waals surface area contributed by atoms with Crippen LogP contribution in [0.4, 0.5) is 0 Å². The van der Waals surface area contributed by atoms with Gasteiger partial charge in [0.25, 0.3) is 0 Å². The third kappa shape index (κ3) is 4.72. The molecule has 29 heavy (non-hydrogen) atoms. The van der Waals surface area contributed by atoms with Gasteiger partial charge < -0.3 is 9.26 Å². The van der Waals surface area contributed by atoms with Crippen LogP contribution in [0.2, 0.25) is 10.0 Å². The Morgan fingerprint density at radius 2 is 1.76 bits per heavy atom. The second-order valence-corrected chi connectivity index (χ2v) is 9.19. The van der Waals surface area contributed by atoms with E-state index in [2.05, 4.69) is 10.1 Å². The van der Waals surface area contributed by atoms with Gasteiger partial charge in [0, 0.05) is 21.7 Å². The minimum absolute atomic E-state index is 0.0290. The van der Waals surface area contributed by atoms with E-state index in [0.717, 1.165) is 0 Å². The molecule has 0 aliphatic heterocycles. The lowest BCUT2D eigenvalue weighted by atomic mass is 10.2. The van der Waals surface area contributed by atoms with Gasteiger partial charge in [-0.2, -0.15) is 9.29 Å². The number of halogens is 2. The number of ether oxygens (including phenoxy) is 1. The van der Waals surface area contributed by atoms with Gasteiger partial charge in [0.05, 0.1) is 13.7 Å². The van der Waals surface area contributed by atoms with Crippen LogP contribution in [0, 0.1) is 0 Å². The molecule has 0 aliphatic rings. The summed E-state index contributed by atoms with van der Waals surface area (Å²) in [5, 5.41) is 4.81. The van der Waals surface area contributed by atoms with Crippen molar-refractivity contribution >= 4 is 33.2 Å². The number of benzene rings is 2. The fourth-order valence-electron chi connectivity index (χ4n) is 2.69. The molecule has 3 aromatic rings. The van der Waals surface area contributed by atoms with E-state index in [4.69, 9.17) is 32.5 Å². The maximum absolute atomic E-state index is 13.3. The lowest BCUT2D eigenvalue weighted by Gasteiger charge is -2.25. The van der Waals surface area contributed by atoms with Crippen LogP contribution in [0.25, 0.3) is 11.4 Å². The molecule has 0 saturated heterocycles. The van der Waals surface area contributed by atoms with Gasteiger partial charge in [-0.05, 0) is 56.3 Å². The van der Waals surface area contributed by atoms with E-state index < -0.39 is 10.0 Å². The van der Waals surface area contributed by atoms with Gasteiger partial charge in [-0.3, -0.25) is 0 Å². The van der Waals surface area contributed by atoms with Gasteiger partial charge >= 0.3 is 0 Å². The zero-order chi connectivity index (χ0) is 21.2. The molecule has 0 saturated carbocycles. The van der Waals surface area contributed by atoms with E-state index in [9.17, 15) is 8.42 Å². The van der Waals surface area contributed by atoms with Crippen LogP contribution < -0.4 is 4.74 Å². The van der Waals surface area contributed by atoms with Crippen molar-refractivity contribution in [3.63, 3.8) is 0 Å². The van der Waals surface area contributed by atoms with Crippen LogP contribution in [0.1, 0.15) is 19.7 Å². The maximum atomic E-state index is 13.3.